The number of aromatic nitrogens is 3. The minimum Gasteiger partial charge on any atom is -0.504 e. The normalized spacial score (nSPS) is 12.2. The molecule has 2 heterocycles. The Labute approximate surface area is 143 Å². The van der Waals surface area contributed by atoms with Crippen molar-refractivity contribution in [2.45, 2.75) is 6.18 Å². The van der Waals surface area contributed by atoms with Gasteiger partial charge in [0.05, 0.1) is 11.8 Å². The minimum absolute atomic E-state index is 0.0352. The molecule has 0 aliphatic heterocycles. The van der Waals surface area contributed by atoms with Crippen LogP contribution < -0.4 is 4.74 Å². The molecule has 0 saturated carbocycles. The summed E-state index contributed by atoms with van der Waals surface area (Å²) in [5, 5.41) is 15.8. The van der Waals surface area contributed by atoms with Gasteiger partial charge in [0.15, 0.2) is 11.5 Å². The third-order valence-corrected chi connectivity index (χ3v) is 3.20. The molecular formula is C16H10F3N3O4. The minimum atomic E-state index is -4.47. The van der Waals surface area contributed by atoms with Crippen molar-refractivity contribution >= 4 is 11.5 Å². The number of carbonyl (C=O) groups excluding carboxylic acids is 1. The fourth-order valence-corrected chi connectivity index (χ4v) is 1.97. The van der Waals surface area contributed by atoms with Crippen LogP contribution in [0.3, 0.4) is 0 Å². The zero-order chi connectivity index (χ0) is 18.7. The molecule has 0 spiro atoms. The van der Waals surface area contributed by atoms with E-state index >= 15 is 0 Å². The van der Waals surface area contributed by atoms with Gasteiger partial charge >= 0.3 is 12.1 Å². The molecule has 0 amide bonds. The Bertz CT molecular complexity index is 929. The Morgan fingerprint density at radius 1 is 1.23 bits per heavy atom. The monoisotopic (exact) mass is 365 g/mol. The van der Waals surface area contributed by atoms with Gasteiger partial charge in [-0.1, -0.05) is 0 Å². The molecule has 0 aliphatic rings. The highest BCUT2D eigenvalue weighted by Crippen LogP contribution is 2.32. The molecule has 0 fully saturated rings. The van der Waals surface area contributed by atoms with Gasteiger partial charge in [0.2, 0.25) is 5.82 Å². The molecular weight excluding hydrogens is 355 g/mol. The number of hydrogen-bond donors (Lipinski definition) is 2. The number of carbonyl (C=O) groups is 1. The summed E-state index contributed by atoms with van der Waals surface area (Å²) in [5.74, 6) is -1.40. The van der Waals surface area contributed by atoms with Crippen molar-refractivity contribution in [3.63, 3.8) is 0 Å². The van der Waals surface area contributed by atoms with E-state index in [2.05, 4.69) is 15.2 Å². The average Bonchev–Trinajstić information content (AvgIpc) is 3.26. The van der Waals surface area contributed by atoms with Crippen molar-refractivity contribution in [2.24, 2.45) is 0 Å². The molecule has 26 heavy (non-hydrogen) atoms. The molecule has 0 bridgehead atoms. The maximum absolute atomic E-state index is 12.6. The van der Waals surface area contributed by atoms with Crippen LogP contribution in [0, 0.1) is 0 Å². The van der Waals surface area contributed by atoms with E-state index in [1.54, 1.807) is 0 Å². The Hall–Kier alpha value is -3.56. The smallest absolute Gasteiger partial charge is 0.416 e. The number of aromatic amines is 1. The number of H-pyrrole nitrogens is 1. The number of hydrogen-bond acceptors (Lipinski definition) is 6. The summed E-state index contributed by atoms with van der Waals surface area (Å²) < 4.78 is 48.0. The lowest BCUT2D eigenvalue weighted by atomic mass is 10.2. The molecule has 0 saturated heterocycles. The summed E-state index contributed by atoms with van der Waals surface area (Å²) in [7, 11) is 0. The van der Waals surface area contributed by atoms with Gasteiger partial charge in [0.1, 0.15) is 17.6 Å². The highest BCUT2D eigenvalue weighted by Gasteiger charge is 2.30. The Balaban J connectivity index is 1.78. The molecule has 134 valence electrons. The standard InChI is InChI=1S/C16H10F3N3O4/c17-16(18,19)9-1-3-10(4-2-9)26-15-11(5-6-25-15)12(23)7-13(24)14-20-8-21-22-14/h1-8,24H,(H,20,21,22). The predicted molar refractivity (Wildman–Crippen MR) is 81.5 cm³/mol. The first kappa shape index (κ1) is 17.3. The van der Waals surface area contributed by atoms with E-state index in [0.29, 0.717) is 0 Å². The van der Waals surface area contributed by atoms with Gasteiger partial charge in [0.25, 0.3) is 0 Å². The third kappa shape index (κ3) is 3.74. The van der Waals surface area contributed by atoms with E-state index < -0.39 is 23.3 Å². The highest BCUT2D eigenvalue weighted by atomic mass is 19.4. The summed E-state index contributed by atoms with van der Waals surface area (Å²) >= 11 is 0. The number of alkyl halides is 3. The van der Waals surface area contributed by atoms with E-state index in [9.17, 15) is 23.1 Å². The summed E-state index contributed by atoms with van der Waals surface area (Å²) in [6.45, 7) is 0. The van der Waals surface area contributed by atoms with Gasteiger partial charge in [-0.3, -0.25) is 9.89 Å². The van der Waals surface area contributed by atoms with Gasteiger partial charge in [-0.05, 0) is 30.3 Å². The number of nitrogens with one attached hydrogen (secondary N) is 1. The van der Waals surface area contributed by atoms with Gasteiger partial charge < -0.3 is 14.3 Å². The number of nitrogens with zero attached hydrogens (tertiary/aromatic N) is 2. The van der Waals surface area contributed by atoms with Crippen molar-refractivity contribution in [1.29, 1.82) is 0 Å². The van der Waals surface area contributed by atoms with E-state index in [4.69, 9.17) is 9.15 Å². The van der Waals surface area contributed by atoms with Crippen molar-refractivity contribution in [1.82, 2.24) is 15.2 Å². The lowest BCUT2D eigenvalue weighted by Gasteiger charge is -2.08. The Morgan fingerprint density at radius 3 is 2.58 bits per heavy atom. The molecule has 0 radical (unpaired) electrons. The number of rotatable bonds is 5. The first-order valence-electron chi connectivity index (χ1n) is 7.08. The number of aliphatic hydroxyl groups excluding tert-OH is 1. The SMILES string of the molecule is O=C(C=C(O)c1nc[nH]n1)c1ccoc1Oc1ccc(C(F)(F)F)cc1. The molecule has 3 aromatic rings. The van der Waals surface area contributed by atoms with Crippen LogP contribution in [0.25, 0.3) is 5.76 Å². The van der Waals surface area contributed by atoms with E-state index in [-0.39, 0.29) is 23.1 Å². The lowest BCUT2D eigenvalue weighted by molar-refractivity contribution is -0.137. The maximum atomic E-state index is 12.6. The summed E-state index contributed by atoms with van der Waals surface area (Å²) in [6, 6.07) is 5.17. The van der Waals surface area contributed by atoms with Gasteiger partial charge in [-0.15, -0.1) is 0 Å². The fourth-order valence-electron chi connectivity index (χ4n) is 1.97. The van der Waals surface area contributed by atoms with Crippen LogP contribution in [-0.2, 0) is 6.18 Å². The third-order valence-electron chi connectivity index (χ3n) is 3.20. The van der Waals surface area contributed by atoms with Crippen LogP contribution in [-0.4, -0.2) is 26.1 Å². The fraction of sp³-hybridized carbons (Fsp3) is 0.0625. The number of furan rings is 1. The van der Waals surface area contributed by atoms with E-state index in [0.717, 1.165) is 30.3 Å². The number of aliphatic hydroxyl groups is 1. The predicted octanol–water partition coefficient (Wildman–Crippen LogP) is 3.99. The first-order valence-corrected chi connectivity index (χ1v) is 7.08. The molecule has 3 rings (SSSR count). The summed E-state index contributed by atoms with van der Waals surface area (Å²) in [6.07, 6.45) is -1.20. The van der Waals surface area contributed by atoms with Crippen LogP contribution in [0.4, 0.5) is 13.2 Å². The van der Waals surface area contributed by atoms with Crippen molar-refractivity contribution in [3.8, 4) is 11.7 Å². The zero-order valence-electron chi connectivity index (χ0n) is 12.8. The van der Waals surface area contributed by atoms with Crippen LogP contribution in [0.2, 0.25) is 0 Å². The molecule has 7 nitrogen and oxygen atoms in total. The largest absolute Gasteiger partial charge is 0.504 e. The molecule has 10 heteroatoms. The van der Waals surface area contributed by atoms with Crippen LogP contribution in [0.15, 0.2) is 53.4 Å². The second-order valence-electron chi connectivity index (χ2n) is 4.96. The number of halogens is 3. The van der Waals surface area contributed by atoms with Crippen LogP contribution in [0.1, 0.15) is 21.7 Å². The van der Waals surface area contributed by atoms with Crippen molar-refractivity contribution in [2.75, 3.05) is 0 Å². The lowest BCUT2D eigenvalue weighted by Crippen LogP contribution is -2.04. The number of ketones is 1. The molecule has 0 atom stereocenters. The molecule has 0 aliphatic carbocycles. The maximum Gasteiger partial charge on any atom is 0.416 e. The number of allylic oxidation sites excluding steroid dienone is 1. The number of ether oxygens (including phenoxy) is 1. The quantitative estimate of drug-likeness (QED) is 0.403. The average molecular weight is 365 g/mol. The van der Waals surface area contributed by atoms with Crippen molar-refractivity contribution in [3.05, 3.63) is 65.9 Å². The molecule has 2 N–H and O–H groups in total. The van der Waals surface area contributed by atoms with Crippen molar-refractivity contribution < 1.29 is 32.2 Å². The molecule has 0 unspecified atom stereocenters. The summed E-state index contributed by atoms with van der Waals surface area (Å²) in [4.78, 5) is 15.9. The van der Waals surface area contributed by atoms with Gasteiger partial charge in [-0.25, -0.2) is 4.98 Å². The highest BCUT2D eigenvalue weighted by molar-refractivity contribution is 6.08. The van der Waals surface area contributed by atoms with Crippen LogP contribution in [0.5, 0.6) is 11.7 Å². The second-order valence-corrected chi connectivity index (χ2v) is 4.96. The summed E-state index contributed by atoms with van der Waals surface area (Å²) in [5.41, 5.74) is -0.869. The molecule has 2 aromatic heterocycles. The Morgan fingerprint density at radius 2 is 1.96 bits per heavy atom. The van der Waals surface area contributed by atoms with E-state index in [1.807, 2.05) is 0 Å². The topological polar surface area (TPSA) is 101 Å². The Kier molecular flexibility index (Phi) is 4.48. The number of benzene rings is 1. The van der Waals surface area contributed by atoms with Gasteiger partial charge in [0, 0.05) is 6.08 Å². The van der Waals surface area contributed by atoms with Crippen LogP contribution >= 0.6 is 0 Å². The van der Waals surface area contributed by atoms with Gasteiger partial charge in [-0.2, -0.15) is 18.3 Å². The van der Waals surface area contributed by atoms with E-state index in [1.165, 1.54) is 18.7 Å². The second kappa shape index (κ2) is 6.75. The molecule has 1 aromatic carbocycles. The zero-order valence-corrected chi connectivity index (χ0v) is 12.8. The first-order chi connectivity index (χ1) is 12.3.